The largest absolute Gasteiger partial charge is 0.493 e. The number of H-pyrrole nitrogens is 1. The van der Waals surface area contributed by atoms with Crippen LogP contribution in [0.4, 0.5) is 8.78 Å². The van der Waals surface area contributed by atoms with Crippen molar-refractivity contribution in [2.75, 3.05) is 0 Å². The van der Waals surface area contributed by atoms with E-state index in [1.165, 1.54) is 6.07 Å². The van der Waals surface area contributed by atoms with E-state index in [0.717, 1.165) is 12.1 Å². The van der Waals surface area contributed by atoms with E-state index in [1.807, 2.05) is 0 Å². The van der Waals surface area contributed by atoms with Crippen molar-refractivity contribution in [3.63, 3.8) is 0 Å². The number of nitrogens with one attached hydrogen (secondary N) is 1. The van der Waals surface area contributed by atoms with Crippen LogP contribution < -0.4 is 5.56 Å². The second-order valence-electron chi connectivity index (χ2n) is 3.70. The Balaban J connectivity index is 2.58. The van der Waals surface area contributed by atoms with Gasteiger partial charge in [-0.25, -0.2) is 8.78 Å². The second kappa shape index (κ2) is 4.56. The van der Waals surface area contributed by atoms with E-state index >= 15 is 0 Å². The first-order valence-electron chi connectivity index (χ1n) is 5.30. The van der Waals surface area contributed by atoms with Crippen molar-refractivity contribution in [1.29, 1.82) is 0 Å². The average molecular weight is 252 g/mol. The van der Waals surface area contributed by atoms with E-state index in [1.54, 1.807) is 6.92 Å². The maximum Gasteiger partial charge on any atom is 0.258 e. The number of aromatic hydroxyl groups is 1. The maximum atomic E-state index is 13.1. The maximum absolute atomic E-state index is 13.1. The topological polar surface area (TPSA) is 66.0 Å². The third-order valence-corrected chi connectivity index (χ3v) is 2.54. The van der Waals surface area contributed by atoms with Crippen molar-refractivity contribution >= 4 is 0 Å². The molecular weight excluding hydrogens is 242 g/mol. The first-order chi connectivity index (χ1) is 8.52. The number of hydrogen-bond acceptors (Lipinski definition) is 3. The zero-order chi connectivity index (χ0) is 13.3. The first-order valence-corrected chi connectivity index (χ1v) is 5.30. The van der Waals surface area contributed by atoms with Gasteiger partial charge in [0.2, 0.25) is 5.88 Å². The highest BCUT2D eigenvalue weighted by Gasteiger charge is 2.11. The molecule has 6 heteroatoms. The molecule has 0 fully saturated rings. The van der Waals surface area contributed by atoms with Gasteiger partial charge in [-0.15, -0.1) is 0 Å². The van der Waals surface area contributed by atoms with Crippen LogP contribution >= 0.6 is 0 Å². The van der Waals surface area contributed by atoms with Crippen LogP contribution in [0.3, 0.4) is 0 Å². The van der Waals surface area contributed by atoms with Crippen molar-refractivity contribution in [2.24, 2.45) is 0 Å². The molecule has 0 spiro atoms. The van der Waals surface area contributed by atoms with Gasteiger partial charge in [0.05, 0.1) is 5.56 Å². The Labute approximate surface area is 101 Å². The van der Waals surface area contributed by atoms with E-state index in [9.17, 15) is 18.7 Å². The summed E-state index contributed by atoms with van der Waals surface area (Å²) in [5, 5.41) is 9.56. The molecule has 94 valence electrons. The molecule has 0 saturated carbocycles. The van der Waals surface area contributed by atoms with Crippen LogP contribution in [0.2, 0.25) is 0 Å². The molecule has 0 unspecified atom stereocenters. The molecule has 0 radical (unpaired) electrons. The average Bonchev–Trinajstić information content (AvgIpc) is 2.32. The predicted octanol–water partition coefficient (Wildman–Crippen LogP) is 1.98. The fourth-order valence-corrected chi connectivity index (χ4v) is 1.58. The fourth-order valence-electron chi connectivity index (χ4n) is 1.58. The summed E-state index contributed by atoms with van der Waals surface area (Å²) in [6.07, 6.45) is 0.326. The van der Waals surface area contributed by atoms with Crippen LogP contribution in [-0.2, 0) is 6.42 Å². The van der Waals surface area contributed by atoms with Crippen molar-refractivity contribution < 1.29 is 13.9 Å². The molecule has 4 nitrogen and oxygen atoms in total. The number of hydrogen-bond donors (Lipinski definition) is 2. The molecule has 2 N–H and O–H groups in total. The highest BCUT2D eigenvalue weighted by molar-refractivity contribution is 5.55. The Hall–Kier alpha value is -2.24. The first kappa shape index (κ1) is 12.2. The van der Waals surface area contributed by atoms with Crippen LogP contribution in [0, 0.1) is 11.6 Å². The number of halogens is 2. The minimum atomic E-state index is -1.05. The predicted molar refractivity (Wildman–Crippen MR) is 61.3 cm³/mol. The number of aromatic amines is 1. The van der Waals surface area contributed by atoms with Gasteiger partial charge in [0.25, 0.3) is 5.56 Å². The Morgan fingerprint density at radius 1 is 1.33 bits per heavy atom. The summed E-state index contributed by atoms with van der Waals surface area (Å²) < 4.78 is 25.8. The molecule has 2 rings (SSSR count). The number of rotatable bonds is 2. The molecule has 0 saturated heterocycles. The Morgan fingerprint density at radius 2 is 2.06 bits per heavy atom. The molecule has 0 amide bonds. The SMILES string of the molecule is CCc1c(O)nc(-c2ccc(F)c(F)c2)[nH]c1=O. The van der Waals surface area contributed by atoms with Crippen molar-refractivity contribution in [3.8, 4) is 17.3 Å². The summed E-state index contributed by atoms with van der Waals surface area (Å²) >= 11 is 0. The smallest absolute Gasteiger partial charge is 0.258 e. The van der Waals surface area contributed by atoms with E-state index in [0.29, 0.717) is 6.42 Å². The molecule has 0 atom stereocenters. The summed E-state index contributed by atoms with van der Waals surface area (Å²) in [4.78, 5) is 17.8. The lowest BCUT2D eigenvalue weighted by molar-refractivity contribution is 0.444. The van der Waals surface area contributed by atoms with Crippen molar-refractivity contribution in [2.45, 2.75) is 13.3 Å². The normalized spacial score (nSPS) is 10.6. The highest BCUT2D eigenvalue weighted by atomic mass is 19.2. The van der Waals surface area contributed by atoms with Gasteiger partial charge in [0.1, 0.15) is 5.82 Å². The van der Waals surface area contributed by atoms with Crippen molar-refractivity contribution in [1.82, 2.24) is 9.97 Å². The number of aromatic nitrogens is 2. The van der Waals surface area contributed by atoms with Gasteiger partial charge in [-0.1, -0.05) is 6.92 Å². The van der Waals surface area contributed by atoms with Gasteiger partial charge in [-0.05, 0) is 24.6 Å². The minimum Gasteiger partial charge on any atom is -0.493 e. The van der Waals surface area contributed by atoms with Crippen LogP contribution in [0.5, 0.6) is 5.88 Å². The van der Waals surface area contributed by atoms with Crippen molar-refractivity contribution in [3.05, 3.63) is 45.8 Å². The summed E-state index contributed by atoms with van der Waals surface area (Å²) in [6, 6.07) is 3.09. The number of nitrogens with zero attached hydrogens (tertiary/aromatic N) is 1. The van der Waals surface area contributed by atoms with Gasteiger partial charge in [-0.2, -0.15) is 4.98 Å². The highest BCUT2D eigenvalue weighted by Crippen LogP contribution is 2.19. The van der Waals surface area contributed by atoms with Crippen LogP contribution in [0.25, 0.3) is 11.4 Å². The molecule has 0 bridgehead atoms. The van der Waals surface area contributed by atoms with E-state index in [2.05, 4.69) is 9.97 Å². The molecule has 0 aliphatic heterocycles. The van der Waals surface area contributed by atoms with Gasteiger partial charge < -0.3 is 10.1 Å². The van der Waals surface area contributed by atoms with Gasteiger partial charge in [-0.3, -0.25) is 4.79 Å². The third-order valence-electron chi connectivity index (χ3n) is 2.54. The molecule has 2 aromatic rings. The quantitative estimate of drug-likeness (QED) is 0.858. The Morgan fingerprint density at radius 3 is 2.61 bits per heavy atom. The molecular formula is C12H10F2N2O2. The zero-order valence-corrected chi connectivity index (χ0v) is 9.50. The van der Waals surface area contributed by atoms with Gasteiger partial charge in [0, 0.05) is 5.56 Å². The second-order valence-corrected chi connectivity index (χ2v) is 3.70. The monoisotopic (exact) mass is 252 g/mol. The van der Waals surface area contributed by atoms with Crippen LogP contribution in [0.15, 0.2) is 23.0 Å². The van der Waals surface area contributed by atoms with E-state index < -0.39 is 23.1 Å². The minimum absolute atomic E-state index is 0.00593. The van der Waals surface area contributed by atoms with Gasteiger partial charge >= 0.3 is 0 Å². The standard InChI is InChI=1S/C12H10F2N2O2/c1-2-7-11(17)15-10(16-12(7)18)6-3-4-8(13)9(14)5-6/h3-5H,2H2,1H3,(H2,15,16,17,18). The lowest BCUT2D eigenvalue weighted by Gasteiger charge is -2.04. The third kappa shape index (κ3) is 2.09. The lowest BCUT2D eigenvalue weighted by atomic mass is 10.2. The zero-order valence-electron chi connectivity index (χ0n) is 9.50. The summed E-state index contributed by atoms with van der Waals surface area (Å²) in [7, 11) is 0. The lowest BCUT2D eigenvalue weighted by Crippen LogP contribution is -2.14. The van der Waals surface area contributed by atoms with E-state index in [-0.39, 0.29) is 17.0 Å². The van der Waals surface area contributed by atoms with Crippen LogP contribution in [0.1, 0.15) is 12.5 Å². The number of benzene rings is 1. The molecule has 1 aromatic carbocycles. The summed E-state index contributed by atoms with van der Waals surface area (Å²) in [6.45, 7) is 1.70. The summed E-state index contributed by atoms with van der Waals surface area (Å²) in [5.41, 5.74) is -0.157. The molecule has 18 heavy (non-hydrogen) atoms. The Kier molecular flexibility index (Phi) is 3.10. The molecule has 1 aromatic heterocycles. The molecule has 0 aliphatic rings. The van der Waals surface area contributed by atoms with Gasteiger partial charge in [0.15, 0.2) is 11.6 Å². The van der Waals surface area contributed by atoms with E-state index in [4.69, 9.17) is 0 Å². The Bertz CT molecular complexity index is 653. The fraction of sp³-hybridized carbons (Fsp3) is 0.167. The molecule has 1 heterocycles. The van der Waals surface area contributed by atoms with Crippen LogP contribution in [-0.4, -0.2) is 15.1 Å². The summed E-state index contributed by atoms with van der Waals surface area (Å²) in [5.74, 6) is -2.45. The molecule has 0 aliphatic carbocycles.